The van der Waals surface area contributed by atoms with Gasteiger partial charge in [-0.3, -0.25) is 4.79 Å². The van der Waals surface area contributed by atoms with Gasteiger partial charge >= 0.3 is 5.97 Å². The molecule has 0 amide bonds. The van der Waals surface area contributed by atoms with Crippen LogP contribution in [0.5, 0.6) is 11.5 Å². The van der Waals surface area contributed by atoms with E-state index in [0.29, 0.717) is 12.2 Å². The second kappa shape index (κ2) is 7.75. The van der Waals surface area contributed by atoms with Crippen molar-refractivity contribution in [2.24, 2.45) is 5.73 Å². The van der Waals surface area contributed by atoms with Gasteiger partial charge in [0.25, 0.3) is 0 Å². The fraction of sp³-hybridized carbons (Fsp3) is 0.533. The van der Waals surface area contributed by atoms with Crippen LogP contribution in [0.2, 0.25) is 0 Å². The Morgan fingerprint density at radius 2 is 1.95 bits per heavy atom. The highest BCUT2D eigenvalue weighted by Gasteiger charge is 2.17. The van der Waals surface area contributed by atoms with Crippen molar-refractivity contribution in [1.82, 2.24) is 0 Å². The quantitative estimate of drug-likeness (QED) is 0.765. The zero-order valence-corrected chi connectivity index (χ0v) is 12.3. The Balaban J connectivity index is 3.07. The molecule has 1 aromatic rings. The topological polar surface area (TPSA) is 81.8 Å². The van der Waals surface area contributed by atoms with E-state index in [2.05, 4.69) is 6.92 Å². The minimum Gasteiger partial charge on any atom is -0.496 e. The molecular weight excluding hydrogens is 258 g/mol. The van der Waals surface area contributed by atoms with Gasteiger partial charge in [0.15, 0.2) is 0 Å². The minimum absolute atomic E-state index is 0.0311. The second-order valence-corrected chi connectivity index (χ2v) is 4.69. The number of ether oxygens (including phenoxy) is 2. The lowest BCUT2D eigenvalue weighted by Gasteiger charge is -2.18. The summed E-state index contributed by atoms with van der Waals surface area (Å²) in [6.45, 7) is 2.10. The van der Waals surface area contributed by atoms with E-state index < -0.39 is 5.97 Å². The first-order valence-corrected chi connectivity index (χ1v) is 6.75. The van der Waals surface area contributed by atoms with Crippen molar-refractivity contribution in [2.45, 2.75) is 38.6 Å². The summed E-state index contributed by atoms with van der Waals surface area (Å²) in [6, 6.07) is 3.40. The van der Waals surface area contributed by atoms with E-state index >= 15 is 0 Å². The largest absolute Gasteiger partial charge is 0.496 e. The standard InChI is InChI=1S/C15H23NO4/c1-4-5-10-8-14(20-3)11(9-13(10)19-2)12(16)6-7-15(17)18/h8-9,12H,4-7,16H2,1-3H3,(H,17,18). The van der Waals surface area contributed by atoms with Crippen LogP contribution < -0.4 is 15.2 Å². The van der Waals surface area contributed by atoms with Crippen LogP contribution in [-0.2, 0) is 11.2 Å². The summed E-state index contributed by atoms with van der Waals surface area (Å²) < 4.78 is 10.8. The molecule has 0 aliphatic heterocycles. The summed E-state index contributed by atoms with van der Waals surface area (Å²) in [5.41, 5.74) is 7.92. The van der Waals surface area contributed by atoms with Crippen LogP contribution in [0, 0.1) is 0 Å². The third kappa shape index (κ3) is 4.13. The number of carboxylic acids is 1. The van der Waals surface area contributed by atoms with Crippen molar-refractivity contribution in [2.75, 3.05) is 14.2 Å². The molecule has 5 heteroatoms. The van der Waals surface area contributed by atoms with Gasteiger partial charge in [-0.25, -0.2) is 0 Å². The molecule has 1 atom stereocenters. The third-order valence-electron chi connectivity index (χ3n) is 3.22. The molecule has 0 spiro atoms. The van der Waals surface area contributed by atoms with Crippen molar-refractivity contribution in [3.63, 3.8) is 0 Å². The molecule has 0 aromatic heterocycles. The molecule has 0 aliphatic carbocycles. The van der Waals surface area contributed by atoms with Crippen LogP contribution in [-0.4, -0.2) is 25.3 Å². The average Bonchev–Trinajstić information content (AvgIpc) is 2.44. The van der Waals surface area contributed by atoms with Gasteiger partial charge in [-0.2, -0.15) is 0 Å². The zero-order chi connectivity index (χ0) is 15.1. The van der Waals surface area contributed by atoms with Crippen molar-refractivity contribution >= 4 is 5.97 Å². The molecule has 0 saturated heterocycles. The van der Waals surface area contributed by atoms with Gasteiger partial charge in [0, 0.05) is 18.0 Å². The van der Waals surface area contributed by atoms with Gasteiger partial charge in [-0.15, -0.1) is 0 Å². The molecule has 0 bridgehead atoms. The summed E-state index contributed by atoms with van der Waals surface area (Å²) in [6.07, 6.45) is 2.29. The van der Waals surface area contributed by atoms with Crippen LogP contribution in [0.4, 0.5) is 0 Å². The Morgan fingerprint density at radius 1 is 1.30 bits per heavy atom. The number of aliphatic carboxylic acids is 1. The molecule has 1 rings (SSSR count). The van der Waals surface area contributed by atoms with E-state index in [1.165, 1.54) is 0 Å². The molecule has 0 radical (unpaired) electrons. The van der Waals surface area contributed by atoms with Gasteiger partial charge < -0.3 is 20.3 Å². The molecule has 1 unspecified atom stereocenters. The van der Waals surface area contributed by atoms with E-state index in [1.54, 1.807) is 14.2 Å². The predicted molar refractivity (Wildman–Crippen MR) is 77.3 cm³/mol. The van der Waals surface area contributed by atoms with Crippen LogP contribution >= 0.6 is 0 Å². The van der Waals surface area contributed by atoms with Crippen molar-refractivity contribution in [3.8, 4) is 11.5 Å². The Morgan fingerprint density at radius 3 is 2.45 bits per heavy atom. The second-order valence-electron chi connectivity index (χ2n) is 4.69. The number of hydrogen-bond donors (Lipinski definition) is 2. The lowest BCUT2D eigenvalue weighted by atomic mass is 9.98. The highest BCUT2D eigenvalue weighted by molar-refractivity contribution is 5.66. The minimum atomic E-state index is -0.853. The molecule has 0 heterocycles. The molecular formula is C15H23NO4. The monoisotopic (exact) mass is 281 g/mol. The van der Waals surface area contributed by atoms with E-state index in [0.717, 1.165) is 29.7 Å². The van der Waals surface area contributed by atoms with Crippen molar-refractivity contribution in [1.29, 1.82) is 0 Å². The number of carbonyl (C=O) groups is 1. The van der Waals surface area contributed by atoms with E-state index in [1.807, 2.05) is 12.1 Å². The Hall–Kier alpha value is -1.75. The summed E-state index contributed by atoms with van der Waals surface area (Å²) in [4.78, 5) is 10.6. The predicted octanol–water partition coefficient (Wildman–Crippen LogP) is 2.52. The Kier molecular flexibility index (Phi) is 6.31. The van der Waals surface area contributed by atoms with Gasteiger partial charge in [0.1, 0.15) is 11.5 Å². The Labute approximate surface area is 119 Å². The van der Waals surface area contributed by atoms with E-state index in [9.17, 15) is 4.79 Å². The number of rotatable bonds is 8. The van der Waals surface area contributed by atoms with E-state index in [4.69, 9.17) is 20.3 Å². The van der Waals surface area contributed by atoms with Crippen molar-refractivity contribution < 1.29 is 19.4 Å². The third-order valence-corrected chi connectivity index (χ3v) is 3.22. The highest BCUT2D eigenvalue weighted by atomic mass is 16.5. The fourth-order valence-corrected chi connectivity index (χ4v) is 2.17. The number of nitrogens with two attached hydrogens (primary N) is 1. The zero-order valence-electron chi connectivity index (χ0n) is 12.3. The number of hydrogen-bond acceptors (Lipinski definition) is 4. The first kappa shape index (κ1) is 16.3. The lowest BCUT2D eigenvalue weighted by Crippen LogP contribution is -2.14. The molecule has 0 saturated carbocycles. The SMILES string of the molecule is CCCc1cc(OC)c(C(N)CCC(=O)O)cc1OC. The summed E-state index contributed by atoms with van der Waals surface area (Å²) in [5, 5.41) is 8.74. The summed E-state index contributed by atoms with van der Waals surface area (Å²) in [5.74, 6) is 0.606. The Bertz CT molecular complexity index is 459. The molecule has 112 valence electrons. The number of carboxylic acid groups (broad SMARTS) is 1. The van der Waals surface area contributed by atoms with E-state index in [-0.39, 0.29) is 12.5 Å². The van der Waals surface area contributed by atoms with Gasteiger partial charge in [0.05, 0.1) is 14.2 Å². The number of methoxy groups -OCH3 is 2. The smallest absolute Gasteiger partial charge is 0.303 e. The average molecular weight is 281 g/mol. The molecule has 1 aromatic carbocycles. The molecule has 20 heavy (non-hydrogen) atoms. The molecule has 0 fully saturated rings. The maximum atomic E-state index is 10.6. The first-order valence-electron chi connectivity index (χ1n) is 6.75. The van der Waals surface area contributed by atoms with Crippen molar-refractivity contribution in [3.05, 3.63) is 23.3 Å². The summed E-state index contributed by atoms with van der Waals surface area (Å²) >= 11 is 0. The van der Waals surface area contributed by atoms with Gasteiger partial charge in [-0.05, 0) is 30.5 Å². The molecule has 0 aliphatic rings. The van der Waals surface area contributed by atoms with Crippen LogP contribution in [0.15, 0.2) is 12.1 Å². The summed E-state index contributed by atoms with van der Waals surface area (Å²) in [7, 11) is 3.21. The molecule has 3 N–H and O–H groups in total. The van der Waals surface area contributed by atoms with Gasteiger partial charge in [0.2, 0.25) is 0 Å². The molecule has 5 nitrogen and oxygen atoms in total. The maximum absolute atomic E-state index is 10.6. The highest BCUT2D eigenvalue weighted by Crippen LogP contribution is 2.34. The van der Waals surface area contributed by atoms with Crippen LogP contribution in [0.3, 0.4) is 0 Å². The van der Waals surface area contributed by atoms with Crippen LogP contribution in [0.25, 0.3) is 0 Å². The number of aryl methyl sites for hydroxylation is 1. The normalized spacial score (nSPS) is 12.0. The number of benzene rings is 1. The lowest BCUT2D eigenvalue weighted by molar-refractivity contribution is -0.137. The maximum Gasteiger partial charge on any atom is 0.303 e. The van der Waals surface area contributed by atoms with Gasteiger partial charge in [-0.1, -0.05) is 13.3 Å². The van der Waals surface area contributed by atoms with Crippen LogP contribution in [0.1, 0.15) is 43.4 Å². The first-order chi connectivity index (χ1) is 9.53. The fourth-order valence-electron chi connectivity index (χ4n) is 2.17.